The Bertz CT molecular complexity index is 723. The van der Waals surface area contributed by atoms with Crippen molar-refractivity contribution in [3.05, 3.63) is 52.2 Å². The smallest absolute Gasteiger partial charge is 0.264 e. The lowest BCUT2D eigenvalue weighted by Gasteiger charge is -2.34. The third kappa shape index (κ3) is 4.83. The van der Waals surface area contributed by atoms with E-state index in [4.69, 9.17) is 4.74 Å². The Balaban J connectivity index is 1.39. The molecule has 2 heterocycles. The molecule has 0 unspecified atom stereocenters. The van der Waals surface area contributed by atoms with Crippen LogP contribution in [-0.4, -0.2) is 61.4 Å². The number of methoxy groups -OCH3 is 1. The molecule has 0 bridgehead atoms. The Morgan fingerprint density at radius 1 is 1.12 bits per heavy atom. The second-order valence-electron chi connectivity index (χ2n) is 6.17. The van der Waals surface area contributed by atoms with E-state index in [0.717, 1.165) is 16.2 Å². The van der Waals surface area contributed by atoms with E-state index in [2.05, 4.69) is 10.2 Å². The highest BCUT2D eigenvalue weighted by Crippen LogP contribution is 2.14. The number of carbonyl (C=O) groups excluding carboxylic acids is 2. The molecule has 0 spiro atoms. The average molecular weight is 373 g/mol. The molecule has 0 saturated carbocycles. The second-order valence-corrected chi connectivity index (χ2v) is 7.12. The van der Waals surface area contributed by atoms with Gasteiger partial charge in [0.1, 0.15) is 5.75 Å². The van der Waals surface area contributed by atoms with E-state index in [9.17, 15) is 9.59 Å². The van der Waals surface area contributed by atoms with Crippen LogP contribution in [0.5, 0.6) is 5.75 Å². The summed E-state index contributed by atoms with van der Waals surface area (Å²) in [6, 6.07) is 11.4. The number of nitrogens with one attached hydrogen (secondary N) is 1. The summed E-state index contributed by atoms with van der Waals surface area (Å²) in [5, 5.41) is 4.85. The minimum absolute atomic E-state index is 0.00106. The van der Waals surface area contributed by atoms with Gasteiger partial charge in [0.2, 0.25) is 5.91 Å². The lowest BCUT2D eigenvalue weighted by molar-refractivity contribution is -0.122. The second kappa shape index (κ2) is 8.82. The lowest BCUT2D eigenvalue weighted by Crippen LogP contribution is -2.51. The van der Waals surface area contributed by atoms with E-state index in [1.54, 1.807) is 7.11 Å². The molecule has 0 aliphatic carbocycles. The van der Waals surface area contributed by atoms with Crippen LogP contribution in [0, 0.1) is 0 Å². The molecule has 26 heavy (non-hydrogen) atoms. The van der Waals surface area contributed by atoms with Crippen molar-refractivity contribution in [2.24, 2.45) is 0 Å². The third-order valence-electron chi connectivity index (χ3n) is 4.41. The first kappa shape index (κ1) is 18.4. The third-order valence-corrected chi connectivity index (χ3v) is 5.27. The molecular formula is C19H23N3O3S. The number of benzene rings is 1. The van der Waals surface area contributed by atoms with Gasteiger partial charge in [0, 0.05) is 32.7 Å². The molecule has 7 heteroatoms. The van der Waals surface area contributed by atoms with Gasteiger partial charge >= 0.3 is 0 Å². The summed E-state index contributed by atoms with van der Waals surface area (Å²) in [6.45, 7) is 3.60. The molecule has 1 aliphatic heterocycles. The van der Waals surface area contributed by atoms with Gasteiger partial charge in [0.05, 0.1) is 18.5 Å². The molecule has 1 aromatic carbocycles. The van der Waals surface area contributed by atoms with Gasteiger partial charge in [-0.05, 0) is 29.1 Å². The number of nitrogens with zero attached hydrogens (tertiary/aromatic N) is 2. The molecule has 1 saturated heterocycles. The number of piperazine rings is 1. The lowest BCUT2D eigenvalue weighted by atomic mass is 10.2. The van der Waals surface area contributed by atoms with E-state index in [1.807, 2.05) is 46.7 Å². The Hall–Kier alpha value is -2.38. The van der Waals surface area contributed by atoms with Gasteiger partial charge in [-0.15, -0.1) is 11.3 Å². The van der Waals surface area contributed by atoms with E-state index in [1.165, 1.54) is 11.3 Å². The number of carbonyl (C=O) groups is 2. The maximum atomic E-state index is 12.3. The highest BCUT2D eigenvalue weighted by molar-refractivity contribution is 7.12. The molecule has 1 aliphatic rings. The molecule has 1 N–H and O–H groups in total. The van der Waals surface area contributed by atoms with Crippen LogP contribution in [0.3, 0.4) is 0 Å². The van der Waals surface area contributed by atoms with Gasteiger partial charge in [-0.2, -0.15) is 0 Å². The van der Waals surface area contributed by atoms with Crippen LogP contribution in [-0.2, 0) is 11.3 Å². The van der Waals surface area contributed by atoms with Crippen molar-refractivity contribution in [2.45, 2.75) is 6.54 Å². The zero-order valence-corrected chi connectivity index (χ0v) is 15.6. The van der Waals surface area contributed by atoms with Gasteiger partial charge in [-0.25, -0.2) is 0 Å². The van der Waals surface area contributed by atoms with Gasteiger partial charge in [0.25, 0.3) is 5.91 Å². The average Bonchev–Trinajstić information content (AvgIpc) is 3.21. The molecule has 2 amide bonds. The molecule has 1 fully saturated rings. The number of rotatable bonds is 6. The summed E-state index contributed by atoms with van der Waals surface area (Å²) in [6.07, 6.45) is 0. The van der Waals surface area contributed by atoms with Gasteiger partial charge in [-0.3, -0.25) is 14.5 Å². The van der Waals surface area contributed by atoms with Crippen LogP contribution in [0.15, 0.2) is 41.8 Å². The molecule has 6 nitrogen and oxygen atoms in total. The molecule has 1 aromatic heterocycles. The maximum absolute atomic E-state index is 12.3. The number of amides is 2. The normalized spacial score (nSPS) is 14.9. The minimum atomic E-state index is -0.00106. The van der Waals surface area contributed by atoms with E-state index in [-0.39, 0.29) is 11.8 Å². The van der Waals surface area contributed by atoms with Crippen LogP contribution < -0.4 is 10.1 Å². The Kier molecular flexibility index (Phi) is 6.25. The number of thiophene rings is 1. The quantitative estimate of drug-likeness (QED) is 0.839. The first-order valence-corrected chi connectivity index (χ1v) is 9.48. The molecular weight excluding hydrogens is 350 g/mol. The highest BCUT2D eigenvalue weighted by atomic mass is 32.1. The highest BCUT2D eigenvalue weighted by Gasteiger charge is 2.23. The van der Waals surface area contributed by atoms with Crippen LogP contribution in [0.2, 0.25) is 0 Å². The zero-order valence-electron chi connectivity index (χ0n) is 14.8. The van der Waals surface area contributed by atoms with Gasteiger partial charge < -0.3 is 15.0 Å². The maximum Gasteiger partial charge on any atom is 0.264 e. The van der Waals surface area contributed by atoms with E-state index < -0.39 is 0 Å². The number of ether oxygens (including phenoxy) is 1. The predicted molar refractivity (Wildman–Crippen MR) is 102 cm³/mol. The van der Waals surface area contributed by atoms with Gasteiger partial charge in [-0.1, -0.05) is 18.2 Å². The zero-order chi connectivity index (χ0) is 18.4. The van der Waals surface area contributed by atoms with E-state index >= 15 is 0 Å². The number of hydrogen-bond acceptors (Lipinski definition) is 5. The van der Waals surface area contributed by atoms with Crippen LogP contribution in [0.1, 0.15) is 15.2 Å². The molecule has 0 atom stereocenters. The Morgan fingerprint density at radius 2 is 1.85 bits per heavy atom. The van der Waals surface area contributed by atoms with Crippen LogP contribution in [0.25, 0.3) is 0 Å². The summed E-state index contributed by atoms with van der Waals surface area (Å²) in [7, 11) is 1.63. The monoisotopic (exact) mass is 373 g/mol. The van der Waals surface area contributed by atoms with Crippen molar-refractivity contribution in [2.75, 3.05) is 39.8 Å². The van der Waals surface area contributed by atoms with Gasteiger partial charge in [0.15, 0.2) is 0 Å². The summed E-state index contributed by atoms with van der Waals surface area (Å²) in [5.74, 6) is 0.887. The van der Waals surface area contributed by atoms with Crippen molar-refractivity contribution in [1.82, 2.24) is 15.1 Å². The first-order valence-electron chi connectivity index (χ1n) is 8.60. The van der Waals surface area contributed by atoms with Crippen LogP contribution >= 0.6 is 11.3 Å². The summed E-state index contributed by atoms with van der Waals surface area (Å²) >= 11 is 1.47. The van der Waals surface area contributed by atoms with Crippen LogP contribution in [0.4, 0.5) is 0 Å². The Labute approximate surface area is 157 Å². The number of hydrogen-bond donors (Lipinski definition) is 1. The fraction of sp³-hybridized carbons (Fsp3) is 0.368. The molecule has 0 radical (unpaired) electrons. The van der Waals surface area contributed by atoms with Crippen molar-refractivity contribution in [3.8, 4) is 5.75 Å². The van der Waals surface area contributed by atoms with Crippen molar-refractivity contribution in [1.29, 1.82) is 0 Å². The molecule has 2 aromatic rings. The fourth-order valence-corrected chi connectivity index (χ4v) is 3.56. The fourth-order valence-electron chi connectivity index (χ4n) is 2.87. The van der Waals surface area contributed by atoms with Crippen molar-refractivity contribution >= 4 is 23.2 Å². The summed E-state index contributed by atoms with van der Waals surface area (Å²) in [5.41, 5.74) is 1.03. The largest absolute Gasteiger partial charge is 0.497 e. The molecule has 3 rings (SSSR count). The Morgan fingerprint density at radius 3 is 2.46 bits per heavy atom. The molecule has 138 valence electrons. The van der Waals surface area contributed by atoms with Crippen molar-refractivity contribution in [3.63, 3.8) is 0 Å². The minimum Gasteiger partial charge on any atom is -0.497 e. The topological polar surface area (TPSA) is 61.9 Å². The standard InChI is InChI=1S/C19H23N3O3S/c1-25-16-6-4-15(5-7-16)13-20-18(23)14-21-8-10-22(11-9-21)19(24)17-3-2-12-26-17/h2-7,12H,8-11,13-14H2,1H3,(H,20,23). The SMILES string of the molecule is COc1ccc(CNC(=O)CN2CCN(C(=O)c3cccs3)CC2)cc1. The summed E-state index contributed by atoms with van der Waals surface area (Å²) in [4.78, 5) is 29.2. The van der Waals surface area contributed by atoms with E-state index in [0.29, 0.717) is 39.3 Å². The first-order chi connectivity index (χ1) is 12.7. The predicted octanol–water partition coefficient (Wildman–Crippen LogP) is 1.83. The van der Waals surface area contributed by atoms with Crippen molar-refractivity contribution < 1.29 is 14.3 Å². The summed E-state index contributed by atoms with van der Waals surface area (Å²) < 4.78 is 5.12.